The first-order chi connectivity index (χ1) is 18.7. The van der Waals surface area contributed by atoms with Crippen LogP contribution in [-0.2, 0) is 0 Å². The minimum atomic E-state index is 0.674. The minimum Gasteiger partial charge on any atom is -0.256 e. The number of aromatic nitrogens is 1. The van der Waals surface area contributed by atoms with Crippen LogP contribution in [0.3, 0.4) is 0 Å². The van der Waals surface area contributed by atoms with E-state index >= 15 is 0 Å². The molecule has 0 fully saturated rings. The van der Waals surface area contributed by atoms with E-state index in [2.05, 4.69) is 102 Å². The summed E-state index contributed by atoms with van der Waals surface area (Å²) in [7, 11) is 0. The molecule has 0 aliphatic carbocycles. The zero-order chi connectivity index (χ0) is 25.5. The van der Waals surface area contributed by atoms with Gasteiger partial charge in [-0.1, -0.05) is 84.9 Å². The van der Waals surface area contributed by atoms with Gasteiger partial charge in [0.25, 0.3) is 0 Å². The Hall–Kier alpha value is -5.26. The van der Waals surface area contributed by atoms with E-state index in [0.717, 1.165) is 22.0 Å². The number of hydrogen-bond acceptors (Lipinski definition) is 2. The SMILES string of the molecule is N#Cc1ccc(-c2cccc3cc(-c4ccc5ccc(-c6cnc7ccccc7c6)cc5c4)ccc23)cc1. The highest BCUT2D eigenvalue weighted by molar-refractivity contribution is 5.99. The summed E-state index contributed by atoms with van der Waals surface area (Å²) in [6, 6.07) is 46.8. The summed E-state index contributed by atoms with van der Waals surface area (Å²) in [6.45, 7) is 0. The molecule has 2 nitrogen and oxygen atoms in total. The maximum Gasteiger partial charge on any atom is 0.0991 e. The van der Waals surface area contributed by atoms with E-state index in [4.69, 9.17) is 5.26 Å². The molecule has 2 heteroatoms. The summed E-state index contributed by atoms with van der Waals surface area (Å²) in [5, 5.41) is 15.1. The molecule has 0 amide bonds. The van der Waals surface area contributed by atoms with Gasteiger partial charge < -0.3 is 0 Å². The molecular weight excluding hydrogens is 460 g/mol. The molecule has 0 radical (unpaired) electrons. The molecule has 0 saturated heterocycles. The second kappa shape index (κ2) is 9.00. The summed E-state index contributed by atoms with van der Waals surface area (Å²) in [4.78, 5) is 4.66. The van der Waals surface area contributed by atoms with Crippen LogP contribution in [0, 0.1) is 11.3 Å². The van der Waals surface area contributed by atoms with Crippen molar-refractivity contribution < 1.29 is 0 Å². The summed E-state index contributed by atoms with van der Waals surface area (Å²) in [5.41, 5.74) is 8.64. The lowest BCUT2D eigenvalue weighted by molar-refractivity contribution is 1.41. The lowest BCUT2D eigenvalue weighted by Crippen LogP contribution is -1.86. The van der Waals surface area contributed by atoms with E-state index in [1.54, 1.807) is 0 Å². The summed E-state index contributed by atoms with van der Waals surface area (Å²) < 4.78 is 0. The number of para-hydroxylation sites is 1. The second-order valence-electron chi connectivity index (χ2n) is 9.62. The molecule has 0 bridgehead atoms. The fourth-order valence-corrected chi connectivity index (χ4v) is 5.27. The quantitative estimate of drug-likeness (QED) is 0.251. The van der Waals surface area contributed by atoms with Gasteiger partial charge in [0.05, 0.1) is 17.1 Å². The first-order valence-electron chi connectivity index (χ1n) is 12.7. The Kier molecular flexibility index (Phi) is 5.20. The molecule has 7 aromatic rings. The molecule has 1 aromatic heterocycles. The summed E-state index contributed by atoms with van der Waals surface area (Å²) in [5.74, 6) is 0. The average Bonchev–Trinajstić information content (AvgIpc) is 2.99. The van der Waals surface area contributed by atoms with Gasteiger partial charge in [-0.15, -0.1) is 0 Å². The summed E-state index contributed by atoms with van der Waals surface area (Å²) >= 11 is 0. The largest absolute Gasteiger partial charge is 0.256 e. The average molecular weight is 483 g/mol. The van der Waals surface area contributed by atoms with Crippen molar-refractivity contribution in [2.45, 2.75) is 0 Å². The minimum absolute atomic E-state index is 0.674. The third-order valence-electron chi connectivity index (χ3n) is 7.30. The van der Waals surface area contributed by atoms with Crippen molar-refractivity contribution in [3.05, 3.63) is 139 Å². The van der Waals surface area contributed by atoms with Crippen molar-refractivity contribution in [3.8, 4) is 39.4 Å². The number of nitrogens with zero attached hydrogens (tertiary/aromatic N) is 2. The molecule has 0 atom stereocenters. The van der Waals surface area contributed by atoms with Crippen molar-refractivity contribution in [1.29, 1.82) is 5.26 Å². The third-order valence-corrected chi connectivity index (χ3v) is 7.30. The van der Waals surface area contributed by atoms with Crippen LogP contribution in [0.5, 0.6) is 0 Å². The van der Waals surface area contributed by atoms with Gasteiger partial charge in [0, 0.05) is 17.1 Å². The van der Waals surface area contributed by atoms with Crippen molar-refractivity contribution >= 4 is 32.4 Å². The summed E-state index contributed by atoms with van der Waals surface area (Å²) in [6.07, 6.45) is 1.96. The Labute approximate surface area is 221 Å². The molecule has 0 N–H and O–H groups in total. The maximum absolute atomic E-state index is 9.13. The van der Waals surface area contributed by atoms with Crippen LogP contribution in [0.15, 0.2) is 134 Å². The zero-order valence-electron chi connectivity index (χ0n) is 20.6. The number of nitriles is 1. The molecule has 0 spiro atoms. The van der Waals surface area contributed by atoms with Crippen LogP contribution in [0.25, 0.3) is 65.8 Å². The van der Waals surface area contributed by atoms with Crippen LogP contribution in [-0.4, -0.2) is 4.98 Å². The number of fused-ring (bicyclic) bond motifs is 3. The number of hydrogen-bond donors (Lipinski definition) is 0. The smallest absolute Gasteiger partial charge is 0.0991 e. The van der Waals surface area contributed by atoms with Crippen molar-refractivity contribution in [3.63, 3.8) is 0 Å². The first kappa shape index (κ1) is 22.0. The maximum atomic E-state index is 9.13. The van der Waals surface area contributed by atoms with Gasteiger partial charge in [-0.2, -0.15) is 5.26 Å². The molecule has 0 unspecified atom stereocenters. The van der Waals surface area contributed by atoms with Gasteiger partial charge in [-0.25, -0.2) is 0 Å². The Morgan fingerprint density at radius 2 is 1.11 bits per heavy atom. The topological polar surface area (TPSA) is 36.7 Å². The van der Waals surface area contributed by atoms with Crippen LogP contribution >= 0.6 is 0 Å². The predicted octanol–water partition coefficient (Wildman–Crippen LogP) is 9.41. The third kappa shape index (κ3) is 3.88. The predicted molar refractivity (Wildman–Crippen MR) is 158 cm³/mol. The highest BCUT2D eigenvalue weighted by Gasteiger charge is 2.08. The lowest BCUT2D eigenvalue weighted by atomic mass is 9.93. The number of benzene rings is 6. The standard InChI is InChI=1S/C36H22N2/c37-22-24-8-10-26(11-9-24)34-6-3-5-30-18-28(16-17-35(30)34)27-14-12-25-13-15-29(20-32(25)19-27)33-21-31-4-1-2-7-36(31)38-23-33/h1-21,23H. The number of pyridine rings is 1. The van der Waals surface area contributed by atoms with Crippen LogP contribution < -0.4 is 0 Å². The van der Waals surface area contributed by atoms with E-state index in [0.29, 0.717) is 5.56 Å². The van der Waals surface area contributed by atoms with E-state index in [-0.39, 0.29) is 0 Å². The molecule has 6 aromatic carbocycles. The van der Waals surface area contributed by atoms with Gasteiger partial charge in [-0.05, 0) is 91.8 Å². The Morgan fingerprint density at radius 3 is 1.89 bits per heavy atom. The van der Waals surface area contributed by atoms with Gasteiger partial charge in [0.1, 0.15) is 0 Å². The van der Waals surface area contributed by atoms with Gasteiger partial charge in [0.15, 0.2) is 0 Å². The van der Waals surface area contributed by atoms with Crippen LogP contribution in [0.1, 0.15) is 5.56 Å². The molecule has 38 heavy (non-hydrogen) atoms. The highest BCUT2D eigenvalue weighted by atomic mass is 14.6. The molecule has 7 rings (SSSR count). The van der Waals surface area contributed by atoms with Gasteiger partial charge in [0.2, 0.25) is 0 Å². The van der Waals surface area contributed by atoms with Crippen molar-refractivity contribution in [2.75, 3.05) is 0 Å². The second-order valence-corrected chi connectivity index (χ2v) is 9.62. The molecule has 0 aliphatic rings. The fraction of sp³-hybridized carbons (Fsp3) is 0. The van der Waals surface area contributed by atoms with Crippen molar-refractivity contribution in [1.82, 2.24) is 4.98 Å². The number of rotatable bonds is 3. The Morgan fingerprint density at radius 1 is 0.474 bits per heavy atom. The van der Waals surface area contributed by atoms with Crippen molar-refractivity contribution in [2.24, 2.45) is 0 Å². The fourth-order valence-electron chi connectivity index (χ4n) is 5.27. The Bertz CT molecular complexity index is 2030. The lowest BCUT2D eigenvalue weighted by Gasteiger charge is -2.11. The monoisotopic (exact) mass is 482 g/mol. The highest BCUT2D eigenvalue weighted by Crippen LogP contribution is 2.34. The Balaban J connectivity index is 1.28. The zero-order valence-corrected chi connectivity index (χ0v) is 20.6. The molecule has 1 heterocycles. The molecule has 176 valence electrons. The van der Waals surface area contributed by atoms with E-state index in [1.807, 2.05) is 42.6 Å². The molecular formula is C36H22N2. The van der Waals surface area contributed by atoms with E-state index in [1.165, 1.54) is 43.8 Å². The van der Waals surface area contributed by atoms with E-state index < -0.39 is 0 Å². The van der Waals surface area contributed by atoms with Gasteiger partial charge in [-0.3, -0.25) is 4.98 Å². The van der Waals surface area contributed by atoms with Gasteiger partial charge >= 0.3 is 0 Å². The van der Waals surface area contributed by atoms with Crippen LogP contribution in [0.4, 0.5) is 0 Å². The van der Waals surface area contributed by atoms with E-state index in [9.17, 15) is 0 Å². The molecule has 0 aliphatic heterocycles. The normalized spacial score (nSPS) is 11.1. The first-order valence-corrected chi connectivity index (χ1v) is 12.7. The van der Waals surface area contributed by atoms with Crippen LogP contribution in [0.2, 0.25) is 0 Å². The molecule has 0 saturated carbocycles.